The van der Waals surface area contributed by atoms with Gasteiger partial charge in [0.1, 0.15) is 0 Å². The zero-order valence-corrected chi connectivity index (χ0v) is 13.1. The van der Waals surface area contributed by atoms with E-state index >= 15 is 0 Å². The number of amides is 1. The number of hydrogen-bond donors (Lipinski definition) is 1. The van der Waals surface area contributed by atoms with E-state index in [4.69, 9.17) is 10.5 Å². The number of halogens is 1. The fourth-order valence-electron chi connectivity index (χ4n) is 1.94. The van der Waals surface area contributed by atoms with Crippen LogP contribution in [-0.4, -0.2) is 43.7 Å². The van der Waals surface area contributed by atoms with Crippen molar-refractivity contribution in [2.45, 2.75) is 25.8 Å². The van der Waals surface area contributed by atoms with Crippen LogP contribution < -0.4 is 5.73 Å². The Bertz CT molecular complexity index is 371. The number of rotatable bonds is 8. The number of nitrogens with zero attached hydrogens (tertiary/aromatic N) is 1. The Kier molecular flexibility index (Phi) is 10.1. The predicted octanol–water partition coefficient (Wildman–Crippen LogP) is 1.86. The molecule has 0 aromatic heterocycles. The highest BCUT2D eigenvalue weighted by Crippen LogP contribution is 2.04. The molecule has 0 aliphatic carbocycles. The van der Waals surface area contributed by atoms with E-state index < -0.39 is 6.04 Å². The van der Waals surface area contributed by atoms with Crippen molar-refractivity contribution in [3.05, 3.63) is 35.9 Å². The van der Waals surface area contributed by atoms with Crippen LogP contribution in [0.15, 0.2) is 30.3 Å². The number of carbonyl (C=O) groups is 1. The molecule has 0 fully saturated rings. The highest BCUT2D eigenvalue weighted by molar-refractivity contribution is 5.85. The van der Waals surface area contributed by atoms with Gasteiger partial charge in [-0.25, -0.2) is 0 Å². The van der Waals surface area contributed by atoms with Crippen molar-refractivity contribution < 1.29 is 9.53 Å². The number of aryl methyl sites for hydroxylation is 1. The Balaban J connectivity index is 0.00000361. The van der Waals surface area contributed by atoms with E-state index in [1.54, 1.807) is 18.9 Å². The molecular weight excluding hydrogens is 276 g/mol. The number of carbonyl (C=O) groups excluding carboxylic acids is 1. The maximum absolute atomic E-state index is 11.9. The van der Waals surface area contributed by atoms with Crippen molar-refractivity contribution in [2.24, 2.45) is 5.73 Å². The lowest BCUT2D eigenvalue weighted by molar-refractivity contribution is -0.132. The fraction of sp³-hybridized carbons (Fsp3) is 0.533. The Labute approximate surface area is 127 Å². The Morgan fingerprint density at radius 3 is 2.50 bits per heavy atom. The van der Waals surface area contributed by atoms with E-state index in [0.29, 0.717) is 13.2 Å². The summed E-state index contributed by atoms with van der Waals surface area (Å²) >= 11 is 0. The first-order valence-electron chi connectivity index (χ1n) is 6.72. The molecule has 4 nitrogen and oxygen atoms in total. The van der Waals surface area contributed by atoms with Gasteiger partial charge in [0.15, 0.2) is 0 Å². The van der Waals surface area contributed by atoms with Crippen molar-refractivity contribution in [1.82, 2.24) is 4.90 Å². The van der Waals surface area contributed by atoms with Gasteiger partial charge in [0.05, 0.1) is 12.6 Å². The van der Waals surface area contributed by atoms with Gasteiger partial charge in [0.25, 0.3) is 0 Å². The molecule has 0 heterocycles. The van der Waals surface area contributed by atoms with Gasteiger partial charge >= 0.3 is 0 Å². The van der Waals surface area contributed by atoms with Crippen LogP contribution in [-0.2, 0) is 16.0 Å². The Morgan fingerprint density at radius 2 is 1.95 bits per heavy atom. The zero-order valence-electron chi connectivity index (χ0n) is 12.2. The number of nitrogens with two attached hydrogens (primary N) is 1. The van der Waals surface area contributed by atoms with Crippen LogP contribution in [0.2, 0.25) is 0 Å². The molecule has 0 bridgehead atoms. The van der Waals surface area contributed by atoms with Gasteiger partial charge in [0, 0.05) is 20.2 Å². The summed E-state index contributed by atoms with van der Waals surface area (Å²) in [7, 11) is 1.64. The summed E-state index contributed by atoms with van der Waals surface area (Å²) in [4.78, 5) is 13.7. The molecule has 0 aliphatic heterocycles. The maximum atomic E-state index is 11.9. The SMILES string of the molecule is COCCN(CCCc1ccccc1)C(=O)[C@H](C)N.Cl. The Morgan fingerprint density at radius 1 is 1.30 bits per heavy atom. The molecule has 1 aromatic rings. The summed E-state index contributed by atoms with van der Waals surface area (Å²) in [5, 5.41) is 0. The third-order valence-electron chi connectivity index (χ3n) is 3.00. The molecule has 1 atom stereocenters. The van der Waals surface area contributed by atoms with E-state index in [0.717, 1.165) is 19.4 Å². The van der Waals surface area contributed by atoms with Crippen molar-refractivity contribution in [3.63, 3.8) is 0 Å². The summed E-state index contributed by atoms with van der Waals surface area (Å²) in [5.74, 6) is -0.00916. The lowest BCUT2D eigenvalue weighted by Crippen LogP contribution is -2.44. The standard InChI is InChI=1S/C15H24N2O2.ClH/c1-13(16)15(18)17(11-12-19-2)10-6-9-14-7-4-3-5-8-14;/h3-5,7-8,13H,6,9-12,16H2,1-2H3;1H/t13-;/m0./s1. The molecule has 0 unspecified atom stereocenters. The lowest BCUT2D eigenvalue weighted by atomic mass is 10.1. The largest absolute Gasteiger partial charge is 0.383 e. The first-order valence-corrected chi connectivity index (χ1v) is 6.72. The fourth-order valence-corrected chi connectivity index (χ4v) is 1.94. The van der Waals surface area contributed by atoms with E-state index in [-0.39, 0.29) is 18.3 Å². The second kappa shape index (κ2) is 10.7. The van der Waals surface area contributed by atoms with Crippen molar-refractivity contribution >= 4 is 18.3 Å². The monoisotopic (exact) mass is 300 g/mol. The average Bonchev–Trinajstić information content (AvgIpc) is 2.43. The minimum Gasteiger partial charge on any atom is -0.383 e. The van der Waals surface area contributed by atoms with Gasteiger partial charge in [0.2, 0.25) is 5.91 Å². The molecular formula is C15H25ClN2O2. The van der Waals surface area contributed by atoms with Crippen molar-refractivity contribution in [2.75, 3.05) is 26.8 Å². The second-order valence-corrected chi connectivity index (χ2v) is 4.70. The van der Waals surface area contributed by atoms with Gasteiger partial charge < -0.3 is 15.4 Å². The summed E-state index contributed by atoms with van der Waals surface area (Å²) < 4.78 is 5.03. The van der Waals surface area contributed by atoms with Crippen LogP contribution in [0.3, 0.4) is 0 Å². The molecule has 2 N–H and O–H groups in total. The first kappa shape index (κ1) is 18.9. The van der Waals surface area contributed by atoms with Crippen LogP contribution in [0.25, 0.3) is 0 Å². The van der Waals surface area contributed by atoms with Gasteiger partial charge in [-0.3, -0.25) is 4.79 Å². The third-order valence-corrected chi connectivity index (χ3v) is 3.00. The maximum Gasteiger partial charge on any atom is 0.239 e. The molecule has 114 valence electrons. The second-order valence-electron chi connectivity index (χ2n) is 4.70. The van der Waals surface area contributed by atoms with Crippen LogP contribution in [0.4, 0.5) is 0 Å². The van der Waals surface area contributed by atoms with Crippen LogP contribution in [0.1, 0.15) is 18.9 Å². The highest BCUT2D eigenvalue weighted by atomic mass is 35.5. The molecule has 20 heavy (non-hydrogen) atoms. The molecule has 0 saturated carbocycles. The van der Waals surface area contributed by atoms with E-state index in [9.17, 15) is 4.79 Å². The van der Waals surface area contributed by atoms with Gasteiger partial charge in [-0.15, -0.1) is 12.4 Å². The zero-order chi connectivity index (χ0) is 14.1. The van der Waals surface area contributed by atoms with Crippen LogP contribution in [0.5, 0.6) is 0 Å². The van der Waals surface area contributed by atoms with Crippen LogP contribution in [0, 0.1) is 0 Å². The number of hydrogen-bond acceptors (Lipinski definition) is 3. The molecule has 1 amide bonds. The molecule has 5 heteroatoms. The number of ether oxygens (including phenoxy) is 1. The molecule has 0 saturated heterocycles. The van der Waals surface area contributed by atoms with E-state index in [1.165, 1.54) is 5.56 Å². The van der Waals surface area contributed by atoms with Crippen molar-refractivity contribution in [3.8, 4) is 0 Å². The van der Waals surface area contributed by atoms with Gasteiger partial charge in [-0.05, 0) is 25.3 Å². The van der Waals surface area contributed by atoms with Gasteiger partial charge in [-0.1, -0.05) is 30.3 Å². The van der Waals surface area contributed by atoms with Gasteiger partial charge in [-0.2, -0.15) is 0 Å². The average molecular weight is 301 g/mol. The first-order chi connectivity index (χ1) is 9.15. The Hall–Kier alpha value is -1.10. The molecule has 0 radical (unpaired) electrons. The van der Waals surface area contributed by atoms with Crippen molar-refractivity contribution in [1.29, 1.82) is 0 Å². The topological polar surface area (TPSA) is 55.6 Å². The normalized spacial score (nSPS) is 11.6. The lowest BCUT2D eigenvalue weighted by Gasteiger charge is -2.24. The highest BCUT2D eigenvalue weighted by Gasteiger charge is 2.16. The molecule has 0 spiro atoms. The van der Waals surface area contributed by atoms with Crippen LogP contribution >= 0.6 is 12.4 Å². The minimum absolute atomic E-state index is 0. The molecule has 0 aliphatic rings. The molecule has 1 aromatic carbocycles. The summed E-state index contributed by atoms with van der Waals surface area (Å²) in [5.41, 5.74) is 6.95. The van der Waals surface area contributed by atoms with E-state index in [2.05, 4.69) is 12.1 Å². The third kappa shape index (κ3) is 6.89. The smallest absolute Gasteiger partial charge is 0.239 e. The summed E-state index contributed by atoms with van der Waals surface area (Å²) in [6.45, 7) is 3.59. The minimum atomic E-state index is -0.450. The van der Waals surface area contributed by atoms with E-state index in [1.807, 2.05) is 18.2 Å². The number of benzene rings is 1. The summed E-state index contributed by atoms with van der Waals surface area (Å²) in [6.07, 6.45) is 1.91. The number of methoxy groups -OCH3 is 1. The molecule has 1 rings (SSSR count). The quantitative estimate of drug-likeness (QED) is 0.797. The predicted molar refractivity (Wildman–Crippen MR) is 84.1 cm³/mol. The summed E-state index contributed by atoms with van der Waals surface area (Å²) in [6, 6.07) is 9.83.